The Bertz CT molecular complexity index is 1190. The Morgan fingerprint density at radius 2 is 1.50 bits per heavy atom. The number of carbonyl (C=O) groups is 4. The quantitative estimate of drug-likeness (QED) is 0.151. The zero-order valence-electron chi connectivity index (χ0n) is 17.4. The average Bonchev–Trinajstić information content (AvgIpc) is 3.02. The molecule has 3 amide bonds. The van der Waals surface area contributed by atoms with E-state index < -0.39 is 42.3 Å². The summed E-state index contributed by atoms with van der Waals surface area (Å²) in [7, 11) is 0. The predicted molar refractivity (Wildman–Crippen MR) is 142 cm³/mol. The lowest BCUT2D eigenvalue weighted by molar-refractivity contribution is -0.152. The summed E-state index contributed by atoms with van der Waals surface area (Å²) in [6, 6.07) is 3.26. The molecule has 13 heteroatoms. The fourth-order valence-electron chi connectivity index (χ4n) is 3.30. The number of anilines is 1. The van der Waals surface area contributed by atoms with E-state index in [1.165, 1.54) is 12.1 Å². The van der Waals surface area contributed by atoms with Crippen molar-refractivity contribution in [3.8, 4) is 0 Å². The zero-order valence-corrected chi connectivity index (χ0v) is 25.2. The molecule has 0 spiro atoms. The van der Waals surface area contributed by atoms with Gasteiger partial charge in [-0.25, -0.2) is 4.79 Å². The van der Waals surface area contributed by atoms with Gasteiger partial charge in [0.25, 0.3) is 17.7 Å². The van der Waals surface area contributed by atoms with Gasteiger partial charge in [0.15, 0.2) is 6.61 Å². The zero-order chi connectivity index (χ0) is 25.5. The summed E-state index contributed by atoms with van der Waals surface area (Å²) in [6.45, 7) is 2.67. The van der Waals surface area contributed by atoms with E-state index in [0.717, 1.165) is 4.90 Å². The first-order chi connectivity index (χ1) is 15.9. The fourth-order valence-corrected chi connectivity index (χ4v) is 6.09. The lowest BCUT2D eigenvalue weighted by Crippen LogP contribution is -2.49. The van der Waals surface area contributed by atoms with E-state index in [9.17, 15) is 19.2 Å². The van der Waals surface area contributed by atoms with Gasteiger partial charge in [0.2, 0.25) is 0 Å². The summed E-state index contributed by atoms with van der Waals surface area (Å²) in [5.41, 5.74) is 0.472. The summed E-state index contributed by atoms with van der Waals surface area (Å²) >= 11 is 25.3. The Morgan fingerprint density at radius 1 is 0.971 bits per heavy atom. The number of ether oxygens (including phenoxy) is 1. The van der Waals surface area contributed by atoms with Gasteiger partial charge in [-0.1, -0.05) is 37.0 Å². The van der Waals surface area contributed by atoms with Gasteiger partial charge in [-0.3, -0.25) is 19.3 Å². The standard InChI is InChI=1S/C21H14Br4Cl2N2O5/c1-7(2)18(21(33)34-6-11(30)28-10-5-8(26)3-4-9(10)27)29-19(31)12-13(20(29)32)15(23)17(25)16(24)14(12)22/h3-5,7,18H,6H2,1-2H3,(H,28,30)/t18-/m1/s1. The molecular formula is C21H14Br4Cl2N2O5. The second kappa shape index (κ2) is 11.0. The summed E-state index contributed by atoms with van der Waals surface area (Å²) < 4.78 is 6.96. The number of halogens is 6. The number of carbonyl (C=O) groups excluding carboxylic acids is 4. The molecule has 0 unspecified atom stereocenters. The van der Waals surface area contributed by atoms with Crippen LogP contribution in [0.1, 0.15) is 34.6 Å². The molecule has 1 aliphatic rings. The Morgan fingerprint density at radius 3 is 2.00 bits per heavy atom. The number of hydrogen-bond donors (Lipinski definition) is 1. The molecule has 3 rings (SSSR count). The highest BCUT2D eigenvalue weighted by Crippen LogP contribution is 2.46. The van der Waals surface area contributed by atoms with Crippen LogP contribution in [0.2, 0.25) is 10.0 Å². The minimum atomic E-state index is -1.26. The molecule has 1 atom stereocenters. The minimum Gasteiger partial charge on any atom is -0.454 e. The third-order valence-electron chi connectivity index (χ3n) is 4.83. The highest BCUT2D eigenvalue weighted by atomic mass is 79.9. The first kappa shape index (κ1) is 27.6. The van der Waals surface area contributed by atoms with Crippen molar-refractivity contribution in [1.82, 2.24) is 4.90 Å². The van der Waals surface area contributed by atoms with Gasteiger partial charge in [-0.05, 0) is 87.8 Å². The number of imide groups is 1. The second-order valence-corrected chi connectivity index (χ2v) is 11.5. The molecule has 180 valence electrons. The highest BCUT2D eigenvalue weighted by Gasteiger charge is 2.47. The third-order valence-corrected chi connectivity index (χ3v) is 10.2. The summed E-state index contributed by atoms with van der Waals surface area (Å²) in [4.78, 5) is 52.6. The summed E-state index contributed by atoms with van der Waals surface area (Å²) in [5, 5.41) is 3.11. The highest BCUT2D eigenvalue weighted by molar-refractivity contribution is 9.15. The van der Waals surface area contributed by atoms with E-state index in [0.29, 0.717) is 22.9 Å². The molecule has 1 aliphatic heterocycles. The van der Waals surface area contributed by atoms with Crippen LogP contribution in [-0.4, -0.2) is 41.2 Å². The fraction of sp³-hybridized carbons (Fsp3) is 0.238. The molecule has 1 N–H and O–H groups in total. The van der Waals surface area contributed by atoms with Gasteiger partial charge in [0, 0.05) is 22.9 Å². The minimum absolute atomic E-state index is 0.110. The number of nitrogens with one attached hydrogen (secondary N) is 1. The van der Waals surface area contributed by atoms with E-state index in [1.807, 2.05) is 0 Å². The molecule has 0 aliphatic carbocycles. The Balaban J connectivity index is 1.81. The maximum Gasteiger partial charge on any atom is 0.330 e. The van der Waals surface area contributed by atoms with Crippen molar-refractivity contribution >= 4 is 116 Å². The molecule has 2 aromatic rings. The number of esters is 1. The summed E-state index contributed by atoms with van der Waals surface area (Å²) in [5.74, 6) is -3.38. The number of amides is 3. The van der Waals surface area contributed by atoms with Crippen LogP contribution in [0.5, 0.6) is 0 Å². The molecule has 0 saturated carbocycles. The van der Waals surface area contributed by atoms with Crippen molar-refractivity contribution in [2.75, 3.05) is 11.9 Å². The van der Waals surface area contributed by atoms with E-state index in [2.05, 4.69) is 69.0 Å². The van der Waals surface area contributed by atoms with Crippen LogP contribution in [0.25, 0.3) is 0 Å². The molecule has 0 saturated heterocycles. The second-order valence-electron chi connectivity index (χ2n) is 7.46. The van der Waals surface area contributed by atoms with Crippen LogP contribution in [0.3, 0.4) is 0 Å². The smallest absolute Gasteiger partial charge is 0.330 e. The van der Waals surface area contributed by atoms with E-state index in [-0.39, 0.29) is 21.8 Å². The topological polar surface area (TPSA) is 92.8 Å². The van der Waals surface area contributed by atoms with Crippen molar-refractivity contribution < 1.29 is 23.9 Å². The van der Waals surface area contributed by atoms with Crippen LogP contribution < -0.4 is 5.32 Å². The Labute approximate surface area is 238 Å². The Kier molecular flexibility index (Phi) is 8.90. The van der Waals surface area contributed by atoms with Crippen molar-refractivity contribution in [2.45, 2.75) is 19.9 Å². The van der Waals surface area contributed by atoms with Crippen LogP contribution in [0, 0.1) is 5.92 Å². The van der Waals surface area contributed by atoms with Gasteiger partial charge in [-0.15, -0.1) is 0 Å². The van der Waals surface area contributed by atoms with Crippen molar-refractivity contribution in [3.63, 3.8) is 0 Å². The molecule has 34 heavy (non-hydrogen) atoms. The van der Waals surface area contributed by atoms with Crippen LogP contribution in [0.15, 0.2) is 36.1 Å². The van der Waals surface area contributed by atoms with Gasteiger partial charge in [0.1, 0.15) is 6.04 Å². The largest absolute Gasteiger partial charge is 0.454 e. The lowest BCUT2D eigenvalue weighted by Gasteiger charge is -2.27. The lowest BCUT2D eigenvalue weighted by atomic mass is 10.0. The summed E-state index contributed by atoms with van der Waals surface area (Å²) in [6.07, 6.45) is 0. The monoisotopic (exact) mass is 760 g/mol. The first-order valence-electron chi connectivity index (χ1n) is 9.52. The molecular weight excluding hydrogens is 751 g/mol. The van der Waals surface area contributed by atoms with Crippen LogP contribution in [0.4, 0.5) is 5.69 Å². The van der Waals surface area contributed by atoms with Gasteiger partial charge >= 0.3 is 5.97 Å². The number of fused-ring (bicyclic) bond motifs is 1. The van der Waals surface area contributed by atoms with Crippen LogP contribution >= 0.6 is 86.9 Å². The molecule has 0 bridgehead atoms. The average molecular weight is 765 g/mol. The maximum absolute atomic E-state index is 13.2. The molecule has 2 aromatic carbocycles. The molecule has 7 nitrogen and oxygen atoms in total. The molecule has 1 heterocycles. The molecule has 0 fully saturated rings. The first-order valence-corrected chi connectivity index (χ1v) is 13.4. The van der Waals surface area contributed by atoms with Gasteiger partial charge in [-0.2, -0.15) is 0 Å². The molecule has 0 radical (unpaired) electrons. The van der Waals surface area contributed by atoms with E-state index in [1.54, 1.807) is 19.9 Å². The van der Waals surface area contributed by atoms with E-state index in [4.69, 9.17) is 27.9 Å². The van der Waals surface area contributed by atoms with Gasteiger partial charge < -0.3 is 10.1 Å². The van der Waals surface area contributed by atoms with Crippen molar-refractivity contribution in [2.24, 2.45) is 5.92 Å². The predicted octanol–water partition coefficient (Wildman–Crippen LogP) is 6.85. The van der Waals surface area contributed by atoms with Crippen molar-refractivity contribution in [3.05, 3.63) is 57.3 Å². The van der Waals surface area contributed by atoms with Gasteiger partial charge in [0.05, 0.1) is 21.8 Å². The molecule has 0 aromatic heterocycles. The van der Waals surface area contributed by atoms with Crippen molar-refractivity contribution in [1.29, 1.82) is 0 Å². The number of hydrogen-bond acceptors (Lipinski definition) is 5. The third kappa shape index (κ3) is 5.24. The normalized spacial score (nSPS) is 13.9. The Hall–Kier alpha value is -0.980. The number of rotatable bonds is 6. The van der Waals surface area contributed by atoms with E-state index >= 15 is 0 Å². The maximum atomic E-state index is 13.2. The number of benzene rings is 2. The SMILES string of the molecule is CC(C)[C@H](C(=O)OCC(=O)Nc1cc(Cl)ccc1Cl)N1C(=O)c2c(Br)c(Br)c(Br)c(Br)c2C1=O. The number of nitrogens with zero attached hydrogens (tertiary/aromatic N) is 1. The van der Waals surface area contributed by atoms with Crippen LogP contribution in [-0.2, 0) is 14.3 Å².